The number of carbonyl (C=O) groups is 1. The first-order valence-corrected chi connectivity index (χ1v) is 10.5. The van der Waals surface area contributed by atoms with Crippen molar-refractivity contribution in [1.82, 2.24) is 19.8 Å². The third-order valence-corrected chi connectivity index (χ3v) is 5.66. The van der Waals surface area contributed by atoms with E-state index in [4.69, 9.17) is 11.6 Å². The van der Waals surface area contributed by atoms with E-state index in [1.165, 1.54) is 30.0 Å². The molecule has 2 heterocycles. The van der Waals surface area contributed by atoms with Gasteiger partial charge in [0.2, 0.25) is 11.1 Å². The summed E-state index contributed by atoms with van der Waals surface area (Å²) in [4.78, 5) is 12.2. The van der Waals surface area contributed by atoms with Gasteiger partial charge in [0.15, 0.2) is 5.65 Å². The van der Waals surface area contributed by atoms with Crippen LogP contribution in [0.25, 0.3) is 16.9 Å². The average Bonchev–Trinajstić information content (AvgIpc) is 3.12. The molecule has 2 aromatic heterocycles. The first-order chi connectivity index (χ1) is 14.0. The van der Waals surface area contributed by atoms with Crippen molar-refractivity contribution in [2.45, 2.75) is 5.16 Å². The number of amides is 1. The number of carbonyl (C=O) groups excluding carboxylic acids is 1. The predicted octanol–water partition coefficient (Wildman–Crippen LogP) is 5.08. The molecular formula is C19H12BrClFN5OS. The van der Waals surface area contributed by atoms with Gasteiger partial charge in [-0.3, -0.25) is 4.79 Å². The molecule has 0 atom stereocenters. The van der Waals surface area contributed by atoms with Crippen LogP contribution >= 0.6 is 39.3 Å². The summed E-state index contributed by atoms with van der Waals surface area (Å²) in [6.45, 7) is 0. The van der Waals surface area contributed by atoms with Crippen LogP contribution in [0.2, 0.25) is 5.02 Å². The number of rotatable bonds is 5. The number of nitrogens with zero attached hydrogens (tertiary/aromatic N) is 4. The maximum atomic E-state index is 13.5. The lowest BCUT2D eigenvalue weighted by molar-refractivity contribution is -0.113. The predicted molar refractivity (Wildman–Crippen MR) is 115 cm³/mol. The number of anilines is 1. The van der Waals surface area contributed by atoms with Gasteiger partial charge in [0, 0.05) is 15.7 Å². The van der Waals surface area contributed by atoms with Crippen molar-refractivity contribution in [2.75, 3.05) is 11.1 Å². The minimum absolute atomic E-state index is 0.0000405. The Hall–Kier alpha value is -2.49. The SMILES string of the molecule is O=C(CSc1nnc2ccc(-c3ccc(Br)cc3)nn12)Nc1ccc(Cl)c(F)c1. The highest BCUT2D eigenvalue weighted by Crippen LogP contribution is 2.23. The fourth-order valence-corrected chi connectivity index (χ4v) is 3.60. The molecule has 0 aliphatic rings. The molecule has 4 rings (SSSR count). The van der Waals surface area contributed by atoms with Crippen molar-refractivity contribution in [3.8, 4) is 11.3 Å². The van der Waals surface area contributed by atoms with Crippen LogP contribution in [0.15, 0.2) is 64.2 Å². The van der Waals surface area contributed by atoms with Crippen molar-refractivity contribution in [3.05, 3.63) is 69.9 Å². The van der Waals surface area contributed by atoms with Crippen LogP contribution in [0.3, 0.4) is 0 Å². The Kier molecular flexibility index (Phi) is 5.79. The molecule has 146 valence electrons. The zero-order valence-corrected chi connectivity index (χ0v) is 17.8. The molecule has 0 aliphatic heterocycles. The van der Waals surface area contributed by atoms with Crippen molar-refractivity contribution >= 4 is 56.5 Å². The second-order valence-electron chi connectivity index (χ2n) is 5.94. The Morgan fingerprint density at radius 2 is 1.93 bits per heavy atom. The van der Waals surface area contributed by atoms with E-state index in [0.29, 0.717) is 16.5 Å². The molecule has 1 amide bonds. The number of nitrogens with one attached hydrogen (secondary N) is 1. The molecule has 0 aliphatic carbocycles. The van der Waals surface area contributed by atoms with Gasteiger partial charge in [0.05, 0.1) is 16.5 Å². The Balaban J connectivity index is 1.48. The van der Waals surface area contributed by atoms with Crippen molar-refractivity contribution in [1.29, 1.82) is 0 Å². The lowest BCUT2D eigenvalue weighted by Gasteiger charge is -2.06. The lowest BCUT2D eigenvalue weighted by atomic mass is 10.1. The molecule has 1 N–H and O–H groups in total. The minimum atomic E-state index is -0.592. The summed E-state index contributed by atoms with van der Waals surface area (Å²) >= 11 is 10.2. The number of benzene rings is 2. The Bertz CT molecular complexity index is 1200. The average molecular weight is 493 g/mol. The van der Waals surface area contributed by atoms with Crippen LogP contribution in [0.4, 0.5) is 10.1 Å². The standard InChI is InChI=1S/C19H12BrClFN5OS/c20-12-3-1-11(2-4-12)16-7-8-17-24-25-19(27(17)26-16)29-10-18(28)23-13-5-6-14(21)15(22)9-13/h1-9H,10H2,(H,23,28). The summed E-state index contributed by atoms with van der Waals surface area (Å²) in [5, 5.41) is 15.9. The third kappa shape index (κ3) is 4.58. The molecule has 0 radical (unpaired) electrons. The topological polar surface area (TPSA) is 72.2 Å². The summed E-state index contributed by atoms with van der Waals surface area (Å²) in [7, 11) is 0. The molecular weight excluding hydrogens is 481 g/mol. The zero-order chi connectivity index (χ0) is 20.4. The molecule has 0 fully saturated rings. The first kappa shape index (κ1) is 19.8. The maximum absolute atomic E-state index is 13.5. The fraction of sp³-hybridized carbons (Fsp3) is 0.0526. The van der Waals surface area contributed by atoms with Crippen molar-refractivity contribution in [3.63, 3.8) is 0 Å². The molecule has 4 aromatic rings. The normalized spacial score (nSPS) is 11.0. The van der Waals surface area contributed by atoms with Gasteiger partial charge in [-0.1, -0.05) is 51.4 Å². The third-order valence-electron chi connectivity index (χ3n) is 3.91. The van der Waals surface area contributed by atoms with E-state index in [-0.39, 0.29) is 16.7 Å². The Labute approximate surface area is 182 Å². The first-order valence-electron chi connectivity index (χ1n) is 8.36. The van der Waals surface area contributed by atoms with Crippen LogP contribution in [0.1, 0.15) is 0 Å². The molecule has 2 aromatic carbocycles. The quantitative estimate of drug-likeness (QED) is 0.394. The van der Waals surface area contributed by atoms with Crippen LogP contribution in [0.5, 0.6) is 0 Å². The molecule has 0 saturated heterocycles. The van der Waals surface area contributed by atoms with E-state index >= 15 is 0 Å². The summed E-state index contributed by atoms with van der Waals surface area (Å²) in [6, 6.07) is 15.6. The largest absolute Gasteiger partial charge is 0.325 e. The van der Waals surface area contributed by atoms with Gasteiger partial charge >= 0.3 is 0 Å². The van der Waals surface area contributed by atoms with Gasteiger partial charge < -0.3 is 5.32 Å². The molecule has 0 saturated carbocycles. The van der Waals surface area contributed by atoms with Gasteiger partial charge in [-0.05, 0) is 42.5 Å². The van der Waals surface area contributed by atoms with Crippen LogP contribution < -0.4 is 5.32 Å². The molecule has 0 spiro atoms. The molecule has 0 bridgehead atoms. The monoisotopic (exact) mass is 491 g/mol. The smallest absolute Gasteiger partial charge is 0.234 e. The van der Waals surface area contributed by atoms with Crippen LogP contribution in [0, 0.1) is 5.82 Å². The van der Waals surface area contributed by atoms with Crippen LogP contribution in [-0.4, -0.2) is 31.5 Å². The van der Waals surface area contributed by atoms with Gasteiger partial charge in [0.25, 0.3) is 0 Å². The minimum Gasteiger partial charge on any atom is -0.325 e. The number of aromatic nitrogens is 4. The molecule has 10 heteroatoms. The van der Waals surface area contributed by atoms with E-state index in [2.05, 4.69) is 36.5 Å². The lowest BCUT2D eigenvalue weighted by Crippen LogP contribution is -2.14. The molecule has 0 unspecified atom stereocenters. The van der Waals surface area contributed by atoms with E-state index < -0.39 is 5.82 Å². The van der Waals surface area contributed by atoms with E-state index in [1.807, 2.05) is 36.4 Å². The van der Waals surface area contributed by atoms with Gasteiger partial charge in [-0.2, -0.15) is 9.61 Å². The molecule has 6 nitrogen and oxygen atoms in total. The van der Waals surface area contributed by atoms with E-state index in [1.54, 1.807) is 4.52 Å². The number of halogens is 3. The number of fused-ring (bicyclic) bond motifs is 1. The summed E-state index contributed by atoms with van der Waals surface area (Å²) in [5.41, 5.74) is 2.61. The zero-order valence-electron chi connectivity index (χ0n) is 14.6. The second kappa shape index (κ2) is 8.48. The highest BCUT2D eigenvalue weighted by atomic mass is 79.9. The highest BCUT2D eigenvalue weighted by Gasteiger charge is 2.12. The number of hydrogen-bond acceptors (Lipinski definition) is 5. The summed E-state index contributed by atoms with van der Waals surface area (Å²) in [5.74, 6) is -0.835. The Morgan fingerprint density at radius 1 is 1.14 bits per heavy atom. The van der Waals surface area contributed by atoms with Gasteiger partial charge in [0.1, 0.15) is 5.82 Å². The fourth-order valence-electron chi connectivity index (χ4n) is 2.53. The number of hydrogen-bond donors (Lipinski definition) is 1. The highest BCUT2D eigenvalue weighted by molar-refractivity contribution is 9.10. The van der Waals surface area contributed by atoms with E-state index in [0.717, 1.165) is 15.7 Å². The van der Waals surface area contributed by atoms with Gasteiger partial charge in [-0.25, -0.2) is 4.39 Å². The molecule has 29 heavy (non-hydrogen) atoms. The van der Waals surface area contributed by atoms with E-state index in [9.17, 15) is 9.18 Å². The second-order valence-corrected chi connectivity index (χ2v) is 8.21. The Morgan fingerprint density at radius 3 is 2.69 bits per heavy atom. The summed E-state index contributed by atoms with van der Waals surface area (Å²) < 4.78 is 16.1. The summed E-state index contributed by atoms with van der Waals surface area (Å²) in [6.07, 6.45) is 0. The maximum Gasteiger partial charge on any atom is 0.234 e. The number of thioether (sulfide) groups is 1. The van der Waals surface area contributed by atoms with Gasteiger partial charge in [-0.15, -0.1) is 10.2 Å². The van der Waals surface area contributed by atoms with Crippen molar-refractivity contribution in [2.24, 2.45) is 0 Å². The van der Waals surface area contributed by atoms with Crippen LogP contribution in [-0.2, 0) is 4.79 Å². The van der Waals surface area contributed by atoms with Crippen molar-refractivity contribution < 1.29 is 9.18 Å².